The fourth-order valence-electron chi connectivity index (χ4n) is 9.00. The highest BCUT2D eigenvalue weighted by molar-refractivity contribution is 7.99. The Hall–Kier alpha value is -4.74. The van der Waals surface area contributed by atoms with Gasteiger partial charge in [-0.25, -0.2) is 18.1 Å². The van der Waals surface area contributed by atoms with Crippen LogP contribution in [0.5, 0.6) is 0 Å². The van der Waals surface area contributed by atoms with E-state index in [0.717, 1.165) is 79.0 Å². The number of halogens is 1. The zero-order chi connectivity index (χ0) is 46.8. The number of benzene rings is 3. The lowest BCUT2D eigenvalue weighted by molar-refractivity contribution is -0.384. The third kappa shape index (κ3) is 11.3. The normalized spacial score (nSPS) is 18.6. The molecule has 2 saturated heterocycles. The predicted octanol–water partition coefficient (Wildman–Crippen LogP) is 8.26. The number of anilines is 2. The van der Waals surface area contributed by atoms with E-state index in [0.29, 0.717) is 36.0 Å². The lowest BCUT2D eigenvalue weighted by Crippen LogP contribution is -2.47. The molecular weight excluding hydrogens is 919 g/mol. The summed E-state index contributed by atoms with van der Waals surface area (Å²) in [7, 11) is -6.80. The van der Waals surface area contributed by atoms with Crippen molar-refractivity contribution in [2.75, 3.05) is 88.2 Å². The van der Waals surface area contributed by atoms with Crippen molar-refractivity contribution >= 4 is 80.1 Å². The molecule has 4 N–H and O–H groups in total. The first kappa shape index (κ1) is 47.7. The number of nitrogens with one attached hydrogen (secondary N) is 3. The number of aliphatic hydroxyl groups is 1. The Kier molecular flexibility index (Phi) is 14.4. The lowest BCUT2D eigenvalue weighted by Gasteiger charge is -2.39. The maximum absolute atomic E-state index is 14.1. The van der Waals surface area contributed by atoms with Gasteiger partial charge in [0.15, 0.2) is 0 Å². The fourth-order valence-corrected chi connectivity index (χ4v) is 12.7. The molecule has 1 atom stereocenters. The van der Waals surface area contributed by atoms with E-state index >= 15 is 0 Å². The molecule has 2 aromatic heterocycles. The number of nitro benzene ring substituents is 1. The summed E-state index contributed by atoms with van der Waals surface area (Å²) in [5, 5.41) is 27.0. The molecule has 0 bridgehead atoms. The summed E-state index contributed by atoms with van der Waals surface area (Å²) in [6.07, 6.45) is 7.73. The van der Waals surface area contributed by atoms with Gasteiger partial charge in [0, 0.05) is 115 Å². The van der Waals surface area contributed by atoms with E-state index in [1.165, 1.54) is 40.6 Å². The standard InChI is InChI=1S/C47H56ClN8O7PS2/c1-47(2)14-12-34(41(27-47)32-4-6-35(48)7-5-32)30-53-16-18-54(19-17-53)36-8-10-40(44(25-36)65-38-24-33-13-15-49-45(33)51-29-38)46(58)52-66(62,63)39-9-11-42(43(26-39)56(59)60)50-28-37(31-57)55-20-22-64(3,61)23-21-55/h4-11,13,15,24-26,29,37,50,57H,12,14,16-23,27-28,30-31H2,1-3H3,(H,49,51)(H,52,58). The predicted molar refractivity (Wildman–Crippen MR) is 263 cm³/mol. The number of aromatic amines is 1. The maximum atomic E-state index is 14.1. The van der Waals surface area contributed by atoms with Gasteiger partial charge in [-0.2, -0.15) is 0 Å². The van der Waals surface area contributed by atoms with Gasteiger partial charge in [0.05, 0.1) is 29.1 Å². The summed E-state index contributed by atoms with van der Waals surface area (Å²) in [6, 6.07) is 20.4. The fraction of sp³-hybridized carbons (Fsp3) is 0.404. The third-order valence-corrected chi connectivity index (χ3v) is 17.9. The number of carbonyl (C=O) groups excluding carboxylic acids is 1. The summed E-state index contributed by atoms with van der Waals surface area (Å²) in [5.74, 6) is -0.890. The lowest BCUT2D eigenvalue weighted by atomic mass is 9.72. The molecule has 3 aliphatic rings. The van der Waals surface area contributed by atoms with E-state index < -0.39 is 44.6 Å². The number of aromatic nitrogens is 2. The number of nitrogens with zero attached hydrogens (tertiary/aromatic N) is 5. The van der Waals surface area contributed by atoms with Crippen LogP contribution in [-0.4, -0.2) is 128 Å². The largest absolute Gasteiger partial charge is 0.395 e. The highest BCUT2D eigenvalue weighted by Crippen LogP contribution is 2.45. The molecule has 0 spiro atoms. The molecule has 15 nitrogen and oxygen atoms in total. The second-order valence-corrected chi connectivity index (χ2v) is 25.2. The molecule has 5 aromatic rings. The number of sulfonamides is 1. The Bertz CT molecular complexity index is 2800. The first-order valence-corrected chi connectivity index (χ1v) is 27.4. The number of piperazine rings is 1. The average Bonchev–Trinajstić information content (AvgIpc) is 3.76. The van der Waals surface area contributed by atoms with Crippen LogP contribution in [0.25, 0.3) is 16.6 Å². The number of hydrogen-bond acceptors (Lipinski definition) is 13. The SMILES string of the molecule is CC1(C)CCC(CN2CCN(c3ccc(C(=O)NS(=O)(=O)c4ccc(NCC(CO)N5CCP(C)(=O)CC5)c([N+](=O)[O-])c4)c(Sc4cnc5[nH]ccc5c4)c3)CC2)=C(c2ccc(Cl)cc2)C1. The van der Waals surface area contributed by atoms with Crippen molar-refractivity contribution in [2.45, 2.75) is 53.8 Å². The van der Waals surface area contributed by atoms with Crippen molar-refractivity contribution in [3.63, 3.8) is 0 Å². The molecule has 2 aliphatic heterocycles. The Labute approximate surface area is 394 Å². The van der Waals surface area contributed by atoms with Crippen LogP contribution in [0.2, 0.25) is 5.02 Å². The molecule has 4 heterocycles. The van der Waals surface area contributed by atoms with Gasteiger partial charge in [0.2, 0.25) is 0 Å². The summed E-state index contributed by atoms with van der Waals surface area (Å²) in [4.78, 5) is 40.8. The van der Waals surface area contributed by atoms with E-state index in [1.807, 2.05) is 41.3 Å². The molecule has 2 fully saturated rings. The first-order chi connectivity index (χ1) is 31.5. The summed E-state index contributed by atoms with van der Waals surface area (Å²) < 4.78 is 42.3. The van der Waals surface area contributed by atoms with Crippen molar-refractivity contribution in [1.82, 2.24) is 24.5 Å². The zero-order valence-corrected chi connectivity index (χ0v) is 40.6. The monoisotopic (exact) mass is 974 g/mol. The average molecular weight is 976 g/mol. The van der Waals surface area contributed by atoms with E-state index in [4.69, 9.17) is 11.6 Å². The molecule has 8 rings (SSSR count). The van der Waals surface area contributed by atoms with Crippen LogP contribution in [0.3, 0.4) is 0 Å². The third-order valence-electron chi connectivity index (χ3n) is 13.0. The number of H-pyrrole nitrogens is 1. The van der Waals surface area contributed by atoms with Crippen LogP contribution >= 0.6 is 30.5 Å². The minimum atomic E-state index is -4.59. The van der Waals surface area contributed by atoms with Crippen LogP contribution in [0.15, 0.2) is 105 Å². The van der Waals surface area contributed by atoms with Gasteiger partial charge in [0.25, 0.3) is 21.6 Å². The number of carbonyl (C=O) groups is 1. The molecule has 3 aromatic carbocycles. The number of hydrogen-bond donors (Lipinski definition) is 4. The van der Waals surface area contributed by atoms with E-state index in [2.05, 4.69) is 55.8 Å². The van der Waals surface area contributed by atoms with Crippen LogP contribution in [-0.2, 0) is 14.6 Å². The second-order valence-electron chi connectivity index (χ2n) is 18.4. The molecule has 0 saturated carbocycles. The Balaban J connectivity index is 0.989. The van der Waals surface area contributed by atoms with Gasteiger partial charge in [-0.3, -0.25) is 24.7 Å². The van der Waals surface area contributed by atoms with Crippen LogP contribution < -0.4 is 14.9 Å². The molecule has 0 radical (unpaired) electrons. The number of fused-ring (bicyclic) bond motifs is 1. The van der Waals surface area contributed by atoms with Crippen LogP contribution in [0, 0.1) is 15.5 Å². The summed E-state index contributed by atoms with van der Waals surface area (Å²) >= 11 is 7.55. The van der Waals surface area contributed by atoms with Crippen molar-refractivity contribution < 1.29 is 27.8 Å². The minimum absolute atomic E-state index is 0.0582. The summed E-state index contributed by atoms with van der Waals surface area (Å²) in [6.45, 7) is 11.5. The van der Waals surface area contributed by atoms with Gasteiger partial charge in [0.1, 0.15) is 11.3 Å². The maximum Gasteiger partial charge on any atom is 0.293 e. The number of allylic oxidation sites excluding steroid dienone is 1. The molecule has 1 unspecified atom stereocenters. The van der Waals surface area contributed by atoms with Crippen molar-refractivity contribution in [2.24, 2.45) is 5.41 Å². The molecular formula is C47H56ClN8O7PS2. The van der Waals surface area contributed by atoms with Crippen LogP contribution in [0.1, 0.15) is 49.0 Å². The quantitative estimate of drug-likeness (QED) is 0.0446. The van der Waals surface area contributed by atoms with Gasteiger partial charge in [-0.05, 0) is 97.1 Å². The zero-order valence-electron chi connectivity index (χ0n) is 37.3. The van der Waals surface area contributed by atoms with Crippen molar-refractivity contribution in [1.29, 1.82) is 0 Å². The Morgan fingerprint density at radius 1 is 1.03 bits per heavy atom. The van der Waals surface area contributed by atoms with Gasteiger partial charge in [-0.15, -0.1) is 0 Å². The van der Waals surface area contributed by atoms with Crippen molar-refractivity contribution in [3.8, 4) is 0 Å². The highest BCUT2D eigenvalue weighted by atomic mass is 35.5. The topological polar surface area (TPSA) is 194 Å². The number of pyridine rings is 1. The van der Waals surface area contributed by atoms with Gasteiger partial charge >= 0.3 is 0 Å². The van der Waals surface area contributed by atoms with E-state index in [-0.39, 0.29) is 29.8 Å². The number of rotatable bonds is 15. The number of aliphatic hydroxyl groups excluding tert-OH is 1. The molecule has 66 heavy (non-hydrogen) atoms. The van der Waals surface area contributed by atoms with Crippen molar-refractivity contribution in [3.05, 3.63) is 117 Å². The Morgan fingerprint density at radius 3 is 2.48 bits per heavy atom. The smallest absolute Gasteiger partial charge is 0.293 e. The van der Waals surface area contributed by atoms with Gasteiger partial charge < -0.3 is 24.9 Å². The highest BCUT2D eigenvalue weighted by Gasteiger charge is 2.32. The first-order valence-electron chi connectivity index (χ1n) is 22.1. The number of amides is 1. The Morgan fingerprint density at radius 2 is 1.77 bits per heavy atom. The summed E-state index contributed by atoms with van der Waals surface area (Å²) in [5.41, 5.74) is 5.60. The van der Waals surface area contributed by atoms with Crippen LogP contribution in [0.4, 0.5) is 17.1 Å². The molecule has 350 valence electrons. The second kappa shape index (κ2) is 19.8. The molecule has 1 aliphatic carbocycles. The molecule has 1 amide bonds. The van der Waals surface area contributed by atoms with E-state index in [9.17, 15) is 33.0 Å². The number of nitro groups is 1. The minimum Gasteiger partial charge on any atom is -0.395 e. The molecule has 19 heteroatoms. The van der Waals surface area contributed by atoms with E-state index in [1.54, 1.807) is 25.1 Å². The van der Waals surface area contributed by atoms with Gasteiger partial charge in [-0.1, -0.05) is 54.9 Å².